The van der Waals surface area contributed by atoms with Crippen molar-refractivity contribution in [2.45, 2.75) is 44.5 Å². The number of amides is 2. The van der Waals surface area contributed by atoms with Crippen molar-refractivity contribution in [3.8, 4) is 0 Å². The summed E-state index contributed by atoms with van der Waals surface area (Å²) in [6, 6.07) is 11.5. The third kappa shape index (κ3) is 3.64. The highest BCUT2D eigenvalue weighted by Crippen LogP contribution is 2.35. The van der Waals surface area contributed by atoms with Gasteiger partial charge in [0.25, 0.3) is 5.91 Å². The van der Waals surface area contributed by atoms with Crippen LogP contribution in [0.15, 0.2) is 48.8 Å². The number of carbonyl (C=O) groups excluding carboxylic acids is 2. The van der Waals surface area contributed by atoms with Gasteiger partial charge in [-0.3, -0.25) is 14.6 Å². The second kappa shape index (κ2) is 7.72. The molecule has 2 unspecified atom stereocenters. The summed E-state index contributed by atoms with van der Waals surface area (Å²) in [5.74, 6) is -0.156. The normalized spacial score (nSPS) is 22.2. The minimum Gasteiger partial charge on any atom is -0.356 e. The number of nitrogens with zero attached hydrogens (tertiary/aromatic N) is 3. The molecule has 1 saturated carbocycles. The summed E-state index contributed by atoms with van der Waals surface area (Å²) in [6.07, 6.45) is 4.79. The van der Waals surface area contributed by atoms with Gasteiger partial charge in [-0.15, -0.1) is 0 Å². The van der Waals surface area contributed by atoms with E-state index in [0.717, 1.165) is 29.5 Å². The van der Waals surface area contributed by atoms with E-state index in [4.69, 9.17) is 4.74 Å². The maximum atomic E-state index is 13.6. The van der Waals surface area contributed by atoms with Crippen molar-refractivity contribution in [2.24, 2.45) is 0 Å². The summed E-state index contributed by atoms with van der Waals surface area (Å²) in [5.41, 5.74) is 3.04. The standard InChI is InChI=1S/C22H25N3O3/c1-15-5-3-4-6-18(15)20-21(28-14-19(26)24(20)2)22(27)25(17-7-8-17)13-16-9-11-23-12-10-16/h3-6,9-12,17,20-21H,7-8,13-14H2,1-2H3. The van der Waals surface area contributed by atoms with Gasteiger partial charge >= 0.3 is 0 Å². The molecule has 6 nitrogen and oxygen atoms in total. The molecular weight excluding hydrogens is 354 g/mol. The van der Waals surface area contributed by atoms with E-state index < -0.39 is 12.1 Å². The smallest absolute Gasteiger partial charge is 0.254 e. The van der Waals surface area contributed by atoms with Crippen LogP contribution in [-0.2, 0) is 20.9 Å². The molecule has 2 aliphatic rings. The minimum absolute atomic E-state index is 0.0492. The minimum atomic E-state index is -0.703. The molecule has 28 heavy (non-hydrogen) atoms. The first-order valence-electron chi connectivity index (χ1n) is 9.68. The van der Waals surface area contributed by atoms with Crippen molar-refractivity contribution in [2.75, 3.05) is 13.7 Å². The number of aromatic nitrogens is 1. The van der Waals surface area contributed by atoms with Crippen LogP contribution in [0.25, 0.3) is 0 Å². The zero-order valence-corrected chi connectivity index (χ0v) is 16.2. The van der Waals surface area contributed by atoms with Gasteiger partial charge in [0, 0.05) is 32.0 Å². The monoisotopic (exact) mass is 379 g/mol. The molecule has 1 aromatic carbocycles. The van der Waals surface area contributed by atoms with Gasteiger partial charge in [-0.1, -0.05) is 24.3 Å². The predicted molar refractivity (Wildman–Crippen MR) is 104 cm³/mol. The van der Waals surface area contributed by atoms with Gasteiger partial charge < -0.3 is 14.5 Å². The van der Waals surface area contributed by atoms with E-state index in [-0.39, 0.29) is 24.5 Å². The Kier molecular flexibility index (Phi) is 5.13. The maximum absolute atomic E-state index is 13.6. The lowest BCUT2D eigenvalue weighted by Gasteiger charge is -2.41. The molecule has 0 radical (unpaired) electrons. The summed E-state index contributed by atoms with van der Waals surface area (Å²) in [4.78, 5) is 33.5. The first kappa shape index (κ1) is 18.6. The highest BCUT2D eigenvalue weighted by molar-refractivity contribution is 5.87. The molecule has 2 amide bonds. The topological polar surface area (TPSA) is 62.7 Å². The Balaban J connectivity index is 1.65. The molecule has 1 aliphatic heterocycles. The molecule has 0 N–H and O–H groups in total. The quantitative estimate of drug-likeness (QED) is 0.801. The summed E-state index contributed by atoms with van der Waals surface area (Å²) in [5, 5.41) is 0. The molecule has 1 saturated heterocycles. The summed E-state index contributed by atoms with van der Waals surface area (Å²) < 4.78 is 5.85. The van der Waals surface area contributed by atoms with E-state index in [1.807, 2.05) is 48.2 Å². The van der Waals surface area contributed by atoms with E-state index in [1.54, 1.807) is 24.3 Å². The molecule has 2 atom stereocenters. The lowest BCUT2D eigenvalue weighted by molar-refractivity contribution is -0.168. The fourth-order valence-corrected chi connectivity index (χ4v) is 3.83. The number of pyridine rings is 1. The van der Waals surface area contributed by atoms with E-state index >= 15 is 0 Å². The van der Waals surface area contributed by atoms with Gasteiger partial charge in [0.2, 0.25) is 5.91 Å². The molecule has 2 aromatic rings. The van der Waals surface area contributed by atoms with Gasteiger partial charge in [0.1, 0.15) is 6.61 Å². The molecule has 0 bridgehead atoms. The maximum Gasteiger partial charge on any atom is 0.254 e. The third-order valence-corrected chi connectivity index (χ3v) is 5.61. The average molecular weight is 379 g/mol. The van der Waals surface area contributed by atoms with Gasteiger partial charge in [-0.05, 0) is 48.6 Å². The summed E-state index contributed by atoms with van der Waals surface area (Å²) in [7, 11) is 1.76. The zero-order valence-electron chi connectivity index (χ0n) is 16.2. The Morgan fingerprint density at radius 2 is 1.93 bits per heavy atom. The predicted octanol–water partition coefficient (Wildman–Crippen LogP) is 2.48. The SMILES string of the molecule is Cc1ccccc1C1C(C(=O)N(Cc2ccncc2)C2CC2)OCC(=O)N1C. The number of rotatable bonds is 5. The largest absolute Gasteiger partial charge is 0.356 e. The third-order valence-electron chi connectivity index (χ3n) is 5.61. The number of hydrogen-bond acceptors (Lipinski definition) is 4. The van der Waals surface area contributed by atoms with Crippen LogP contribution in [0, 0.1) is 6.92 Å². The number of aryl methyl sites for hydroxylation is 1. The number of hydrogen-bond donors (Lipinski definition) is 0. The zero-order chi connectivity index (χ0) is 19.7. The molecule has 146 valence electrons. The van der Waals surface area contributed by atoms with Crippen LogP contribution in [0.2, 0.25) is 0 Å². The highest BCUT2D eigenvalue weighted by atomic mass is 16.5. The van der Waals surface area contributed by atoms with Crippen LogP contribution in [0.1, 0.15) is 35.6 Å². The van der Waals surface area contributed by atoms with E-state index in [2.05, 4.69) is 4.98 Å². The molecule has 1 aromatic heterocycles. The van der Waals surface area contributed by atoms with Crippen LogP contribution >= 0.6 is 0 Å². The van der Waals surface area contributed by atoms with Crippen molar-refractivity contribution in [3.63, 3.8) is 0 Å². The first-order chi connectivity index (χ1) is 13.6. The Labute approximate surface area is 165 Å². The molecule has 0 spiro atoms. The van der Waals surface area contributed by atoms with Crippen LogP contribution in [-0.4, -0.2) is 52.4 Å². The molecule has 1 aliphatic carbocycles. The van der Waals surface area contributed by atoms with E-state index in [0.29, 0.717) is 6.54 Å². The molecule has 2 fully saturated rings. The molecule has 2 heterocycles. The van der Waals surface area contributed by atoms with Crippen LogP contribution in [0.3, 0.4) is 0 Å². The second-order valence-electron chi connectivity index (χ2n) is 7.59. The van der Waals surface area contributed by atoms with Gasteiger partial charge in [0.05, 0.1) is 6.04 Å². The number of benzene rings is 1. The van der Waals surface area contributed by atoms with E-state index in [9.17, 15) is 9.59 Å². The fourth-order valence-electron chi connectivity index (χ4n) is 3.83. The van der Waals surface area contributed by atoms with Crippen molar-refractivity contribution in [3.05, 3.63) is 65.5 Å². The number of carbonyl (C=O) groups is 2. The number of morpholine rings is 1. The van der Waals surface area contributed by atoms with Gasteiger partial charge in [-0.25, -0.2) is 0 Å². The van der Waals surface area contributed by atoms with Gasteiger partial charge in [-0.2, -0.15) is 0 Å². The fraction of sp³-hybridized carbons (Fsp3) is 0.409. The summed E-state index contributed by atoms with van der Waals surface area (Å²) >= 11 is 0. The first-order valence-corrected chi connectivity index (χ1v) is 9.68. The Bertz CT molecular complexity index is 866. The molecular formula is C22H25N3O3. The van der Waals surface area contributed by atoms with Crippen molar-refractivity contribution in [1.29, 1.82) is 0 Å². The van der Waals surface area contributed by atoms with Crippen LogP contribution in [0.4, 0.5) is 0 Å². The van der Waals surface area contributed by atoms with Crippen LogP contribution < -0.4 is 0 Å². The Morgan fingerprint density at radius 3 is 2.61 bits per heavy atom. The molecule has 4 rings (SSSR count). The Morgan fingerprint density at radius 1 is 1.21 bits per heavy atom. The highest BCUT2D eigenvalue weighted by Gasteiger charge is 2.45. The van der Waals surface area contributed by atoms with Crippen LogP contribution in [0.5, 0.6) is 0 Å². The van der Waals surface area contributed by atoms with Crippen molar-refractivity contribution in [1.82, 2.24) is 14.8 Å². The lowest BCUT2D eigenvalue weighted by Crippen LogP contribution is -2.54. The Hall–Kier alpha value is -2.73. The number of ether oxygens (including phenoxy) is 1. The van der Waals surface area contributed by atoms with E-state index in [1.165, 1.54) is 0 Å². The average Bonchev–Trinajstić information content (AvgIpc) is 3.54. The van der Waals surface area contributed by atoms with Gasteiger partial charge in [0.15, 0.2) is 6.10 Å². The number of likely N-dealkylation sites (N-methyl/N-ethyl adjacent to an activating group) is 1. The summed E-state index contributed by atoms with van der Waals surface area (Å²) in [6.45, 7) is 2.46. The van der Waals surface area contributed by atoms with Crippen molar-refractivity contribution >= 4 is 11.8 Å². The molecule has 6 heteroatoms. The van der Waals surface area contributed by atoms with Crippen molar-refractivity contribution < 1.29 is 14.3 Å². The second-order valence-corrected chi connectivity index (χ2v) is 7.59. The lowest BCUT2D eigenvalue weighted by atomic mass is 9.93.